The molecule has 0 aliphatic heterocycles. The van der Waals surface area contributed by atoms with E-state index >= 15 is 0 Å². The van der Waals surface area contributed by atoms with Crippen LogP contribution in [0.3, 0.4) is 0 Å². The molecule has 11 heteroatoms. The topological polar surface area (TPSA) is 62.3 Å². The number of hydrazine groups is 1. The van der Waals surface area contributed by atoms with Crippen LogP contribution in [-0.4, -0.2) is 27.3 Å². The number of carbonyl (C=O) groups is 2. The van der Waals surface area contributed by atoms with E-state index in [0.717, 1.165) is 5.01 Å². The second-order valence-electron chi connectivity index (χ2n) is 6.59. The van der Waals surface area contributed by atoms with Crippen molar-refractivity contribution in [2.45, 2.75) is 26.3 Å². The minimum absolute atomic E-state index is 0.0267. The molecule has 0 spiro atoms. The van der Waals surface area contributed by atoms with Gasteiger partial charge in [-0.1, -0.05) is 11.6 Å². The average Bonchev–Trinajstić information content (AvgIpc) is 2.58. The van der Waals surface area contributed by atoms with Crippen LogP contribution in [-0.2, 0) is 0 Å². The van der Waals surface area contributed by atoms with E-state index in [1.54, 1.807) is 0 Å². The van der Waals surface area contributed by atoms with Crippen LogP contribution in [0.5, 0.6) is 0 Å². The maximum atomic E-state index is 13.9. The fraction of sp³-hybridized carbons (Fsp3) is 0.235. The standard InChI is InChI=1S/C17H13BrClF4N3O2/c1-17(2,3)26(16(28)8-4-7(18)6-24-14(8)19)25-15(27)11-12(22)9(20)5-10(21)13(11)23/h4-6H,1-3H3,(H,25,27). The van der Waals surface area contributed by atoms with Crippen molar-refractivity contribution in [2.24, 2.45) is 0 Å². The van der Waals surface area contributed by atoms with Crippen LogP contribution in [0.2, 0.25) is 5.15 Å². The first-order valence-electron chi connectivity index (χ1n) is 7.64. The molecular weight excluding hydrogens is 470 g/mol. The van der Waals surface area contributed by atoms with E-state index in [-0.39, 0.29) is 16.8 Å². The summed E-state index contributed by atoms with van der Waals surface area (Å²) in [5, 5.41) is 0.540. The van der Waals surface area contributed by atoms with Gasteiger partial charge < -0.3 is 0 Å². The van der Waals surface area contributed by atoms with Crippen molar-refractivity contribution in [3.8, 4) is 0 Å². The van der Waals surface area contributed by atoms with Gasteiger partial charge in [0.2, 0.25) is 0 Å². The third kappa shape index (κ3) is 4.44. The number of halogens is 6. The zero-order chi connectivity index (χ0) is 21.4. The molecule has 1 N–H and O–H groups in total. The minimum atomic E-state index is -1.89. The zero-order valence-electron chi connectivity index (χ0n) is 14.7. The molecule has 0 aliphatic rings. The first-order valence-corrected chi connectivity index (χ1v) is 8.81. The van der Waals surface area contributed by atoms with Crippen molar-refractivity contribution < 1.29 is 27.2 Å². The summed E-state index contributed by atoms with van der Waals surface area (Å²) < 4.78 is 55.0. The third-order valence-corrected chi connectivity index (χ3v) is 4.20. The Bertz CT molecular complexity index is 940. The number of pyridine rings is 1. The van der Waals surface area contributed by atoms with E-state index in [1.165, 1.54) is 33.0 Å². The maximum absolute atomic E-state index is 13.9. The molecule has 2 amide bonds. The summed E-state index contributed by atoms with van der Waals surface area (Å²) in [7, 11) is 0. The molecule has 0 bridgehead atoms. The molecular formula is C17H13BrClF4N3O2. The van der Waals surface area contributed by atoms with Gasteiger partial charge >= 0.3 is 0 Å². The molecule has 150 valence electrons. The molecule has 2 aromatic rings. The summed E-state index contributed by atoms with van der Waals surface area (Å²) in [6, 6.07) is 1.30. The van der Waals surface area contributed by atoms with Crippen molar-refractivity contribution in [3.05, 3.63) is 62.4 Å². The summed E-state index contributed by atoms with van der Waals surface area (Å²) in [5.74, 6) is -9.71. The molecule has 0 fully saturated rings. The van der Waals surface area contributed by atoms with Crippen LogP contribution < -0.4 is 5.43 Å². The zero-order valence-corrected chi connectivity index (χ0v) is 17.1. The number of nitrogens with one attached hydrogen (secondary N) is 1. The Morgan fingerprint density at radius 1 is 1.11 bits per heavy atom. The van der Waals surface area contributed by atoms with Crippen LogP contribution in [0.4, 0.5) is 17.6 Å². The Morgan fingerprint density at radius 2 is 1.64 bits per heavy atom. The Balaban J connectivity index is 2.48. The van der Waals surface area contributed by atoms with Gasteiger partial charge in [0.05, 0.1) is 11.1 Å². The molecule has 0 saturated heterocycles. The number of benzene rings is 1. The molecule has 0 unspecified atom stereocenters. The van der Waals surface area contributed by atoms with Gasteiger partial charge in [0.15, 0.2) is 23.3 Å². The van der Waals surface area contributed by atoms with E-state index in [1.807, 2.05) is 5.43 Å². The van der Waals surface area contributed by atoms with Gasteiger partial charge in [-0.15, -0.1) is 0 Å². The molecule has 0 atom stereocenters. The number of rotatable bonds is 2. The Morgan fingerprint density at radius 3 is 2.14 bits per heavy atom. The van der Waals surface area contributed by atoms with Crippen molar-refractivity contribution >= 4 is 39.3 Å². The normalized spacial score (nSPS) is 11.3. The van der Waals surface area contributed by atoms with Crippen molar-refractivity contribution in [2.75, 3.05) is 0 Å². The van der Waals surface area contributed by atoms with Gasteiger partial charge in [0.25, 0.3) is 11.8 Å². The van der Waals surface area contributed by atoms with E-state index in [9.17, 15) is 27.2 Å². The highest BCUT2D eigenvalue weighted by atomic mass is 79.9. The number of aromatic nitrogens is 1. The number of amides is 2. The van der Waals surface area contributed by atoms with Gasteiger partial charge in [0.1, 0.15) is 10.7 Å². The fourth-order valence-corrected chi connectivity index (χ4v) is 2.66. The average molecular weight is 483 g/mol. The minimum Gasteiger partial charge on any atom is -0.267 e. The van der Waals surface area contributed by atoms with Gasteiger partial charge in [0, 0.05) is 16.7 Å². The van der Waals surface area contributed by atoms with Crippen LogP contribution >= 0.6 is 27.5 Å². The van der Waals surface area contributed by atoms with E-state index in [2.05, 4.69) is 20.9 Å². The predicted molar refractivity (Wildman–Crippen MR) is 96.6 cm³/mol. The SMILES string of the molecule is CC(C)(C)N(NC(=O)c1c(F)c(F)cc(F)c1F)C(=O)c1cc(Br)cnc1Cl. The molecule has 1 aromatic carbocycles. The smallest absolute Gasteiger partial charge is 0.267 e. The lowest BCUT2D eigenvalue weighted by atomic mass is 10.1. The molecule has 1 heterocycles. The third-order valence-electron chi connectivity index (χ3n) is 3.46. The lowest BCUT2D eigenvalue weighted by molar-refractivity contribution is 0.0354. The molecule has 0 saturated carbocycles. The Labute approximate surface area is 170 Å². The largest absolute Gasteiger partial charge is 0.276 e. The summed E-state index contributed by atoms with van der Waals surface area (Å²) in [6.07, 6.45) is 1.33. The maximum Gasteiger partial charge on any atom is 0.276 e. The number of hydrogen-bond acceptors (Lipinski definition) is 3. The predicted octanol–water partition coefficient (Wildman–Crippen LogP) is 4.64. The Kier molecular flexibility index (Phi) is 6.34. The van der Waals surface area contributed by atoms with Crippen LogP contribution in [0, 0.1) is 23.3 Å². The first kappa shape index (κ1) is 22.1. The Hall–Kier alpha value is -2.20. The van der Waals surface area contributed by atoms with Crippen molar-refractivity contribution in [3.63, 3.8) is 0 Å². The lowest BCUT2D eigenvalue weighted by Gasteiger charge is -2.35. The molecule has 1 aromatic heterocycles. The number of nitrogens with zero attached hydrogens (tertiary/aromatic N) is 2. The summed E-state index contributed by atoms with van der Waals surface area (Å²) in [5.41, 5.74) is -0.759. The lowest BCUT2D eigenvalue weighted by Crippen LogP contribution is -2.56. The summed E-state index contributed by atoms with van der Waals surface area (Å²) in [6.45, 7) is 4.51. The van der Waals surface area contributed by atoms with Crippen LogP contribution in [0.15, 0.2) is 22.8 Å². The highest BCUT2D eigenvalue weighted by Gasteiger charge is 2.33. The molecule has 2 rings (SSSR count). The highest BCUT2D eigenvalue weighted by Crippen LogP contribution is 2.24. The molecule has 5 nitrogen and oxygen atoms in total. The quantitative estimate of drug-likeness (QED) is 0.294. The van der Waals surface area contributed by atoms with E-state index in [0.29, 0.717) is 4.47 Å². The summed E-state index contributed by atoms with van der Waals surface area (Å²) >= 11 is 9.04. The van der Waals surface area contributed by atoms with Gasteiger partial charge in [-0.05, 0) is 42.8 Å². The number of hydrogen-bond donors (Lipinski definition) is 1. The van der Waals surface area contributed by atoms with E-state index in [4.69, 9.17) is 11.6 Å². The molecule has 28 heavy (non-hydrogen) atoms. The second kappa shape index (κ2) is 8.04. The summed E-state index contributed by atoms with van der Waals surface area (Å²) in [4.78, 5) is 29.0. The van der Waals surface area contributed by atoms with Crippen LogP contribution in [0.1, 0.15) is 41.5 Å². The second-order valence-corrected chi connectivity index (χ2v) is 7.86. The van der Waals surface area contributed by atoms with Gasteiger partial charge in [-0.25, -0.2) is 27.6 Å². The van der Waals surface area contributed by atoms with E-state index < -0.39 is 46.2 Å². The van der Waals surface area contributed by atoms with Gasteiger partial charge in [-0.2, -0.15) is 0 Å². The number of carbonyl (C=O) groups excluding carboxylic acids is 2. The van der Waals surface area contributed by atoms with Crippen LogP contribution in [0.25, 0.3) is 0 Å². The molecule has 0 radical (unpaired) electrons. The monoisotopic (exact) mass is 481 g/mol. The first-order chi connectivity index (χ1) is 12.8. The highest BCUT2D eigenvalue weighted by molar-refractivity contribution is 9.10. The fourth-order valence-electron chi connectivity index (χ4n) is 2.15. The van der Waals surface area contributed by atoms with Crippen molar-refractivity contribution in [1.29, 1.82) is 0 Å². The molecule has 0 aliphatic carbocycles. The van der Waals surface area contributed by atoms with Crippen molar-refractivity contribution in [1.82, 2.24) is 15.4 Å². The van der Waals surface area contributed by atoms with Gasteiger partial charge in [-0.3, -0.25) is 15.0 Å².